The summed E-state index contributed by atoms with van der Waals surface area (Å²) in [5, 5.41) is 10.1. The Bertz CT molecular complexity index is 915. The number of nitriles is 1. The van der Waals surface area contributed by atoms with Crippen LogP contribution in [0.15, 0.2) is 42.6 Å². The summed E-state index contributed by atoms with van der Waals surface area (Å²) < 4.78 is 0. The second-order valence-corrected chi connectivity index (χ2v) is 8.35. The number of carbonyl (C=O) groups is 1. The van der Waals surface area contributed by atoms with E-state index in [-0.39, 0.29) is 11.9 Å². The fourth-order valence-corrected chi connectivity index (χ4v) is 4.55. The molecule has 0 bridgehead atoms. The number of hydrogen-bond donors (Lipinski definition) is 0. The standard InChI is InChI=1S/C22H23ClN4O/c1-16-4-3-11-27(16)21(28)22(12-17-6-8-19(23)9-7-17)14-26(15-22)20-18(13-24)5-2-10-25-20/h2,5-10,16H,3-4,11-12,14-15H2,1H3. The monoisotopic (exact) mass is 394 g/mol. The van der Waals surface area contributed by atoms with Gasteiger partial charge in [-0.15, -0.1) is 0 Å². The maximum Gasteiger partial charge on any atom is 0.232 e. The predicted octanol–water partition coefficient (Wildman–Crippen LogP) is 3.67. The van der Waals surface area contributed by atoms with E-state index in [2.05, 4.69) is 18.0 Å². The molecule has 5 nitrogen and oxygen atoms in total. The average molecular weight is 395 g/mol. The Labute approximate surface area is 170 Å². The molecule has 144 valence electrons. The largest absolute Gasteiger partial charge is 0.353 e. The molecule has 2 aromatic rings. The smallest absolute Gasteiger partial charge is 0.232 e. The molecule has 1 aromatic carbocycles. The van der Waals surface area contributed by atoms with Crippen molar-refractivity contribution in [2.45, 2.75) is 32.2 Å². The molecule has 2 saturated heterocycles. The highest BCUT2D eigenvalue weighted by molar-refractivity contribution is 6.30. The van der Waals surface area contributed by atoms with Crippen LogP contribution in [-0.2, 0) is 11.2 Å². The lowest BCUT2D eigenvalue weighted by molar-refractivity contribution is -0.144. The van der Waals surface area contributed by atoms with Crippen LogP contribution in [0.25, 0.3) is 0 Å². The van der Waals surface area contributed by atoms with E-state index in [4.69, 9.17) is 11.6 Å². The van der Waals surface area contributed by atoms with Gasteiger partial charge in [-0.3, -0.25) is 4.79 Å². The molecule has 0 spiro atoms. The van der Waals surface area contributed by atoms with Crippen molar-refractivity contribution >= 4 is 23.3 Å². The van der Waals surface area contributed by atoms with Crippen LogP contribution in [0.1, 0.15) is 30.9 Å². The number of halogens is 1. The van der Waals surface area contributed by atoms with Gasteiger partial charge in [-0.1, -0.05) is 23.7 Å². The summed E-state index contributed by atoms with van der Waals surface area (Å²) >= 11 is 6.03. The van der Waals surface area contributed by atoms with Gasteiger partial charge in [-0.05, 0) is 56.0 Å². The maximum atomic E-state index is 13.6. The van der Waals surface area contributed by atoms with E-state index in [1.165, 1.54) is 0 Å². The first-order valence-electron chi connectivity index (χ1n) is 9.68. The third kappa shape index (κ3) is 3.33. The van der Waals surface area contributed by atoms with Crippen molar-refractivity contribution < 1.29 is 4.79 Å². The normalized spacial score (nSPS) is 20.5. The van der Waals surface area contributed by atoms with E-state index < -0.39 is 5.41 Å². The van der Waals surface area contributed by atoms with Gasteiger partial charge in [0.1, 0.15) is 11.9 Å². The molecule has 0 N–H and O–H groups in total. The Morgan fingerprint density at radius 1 is 1.32 bits per heavy atom. The molecule has 1 aromatic heterocycles. The SMILES string of the molecule is CC1CCCN1C(=O)C1(Cc2ccc(Cl)cc2)CN(c2ncccc2C#N)C1. The molecule has 0 radical (unpaired) electrons. The highest BCUT2D eigenvalue weighted by atomic mass is 35.5. The number of amides is 1. The molecular formula is C22H23ClN4O. The number of likely N-dealkylation sites (tertiary alicyclic amines) is 1. The van der Waals surface area contributed by atoms with E-state index in [1.807, 2.05) is 34.1 Å². The summed E-state index contributed by atoms with van der Waals surface area (Å²) in [6.45, 7) is 4.10. The zero-order valence-electron chi connectivity index (χ0n) is 15.9. The number of rotatable bonds is 4. The Balaban J connectivity index is 1.61. The zero-order chi connectivity index (χ0) is 19.7. The van der Waals surface area contributed by atoms with Crippen LogP contribution in [0.2, 0.25) is 5.02 Å². The second kappa shape index (κ2) is 7.44. The number of hydrogen-bond acceptors (Lipinski definition) is 4. The van der Waals surface area contributed by atoms with Crippen molar-refractivity contribution in [3.05, 3.63) is 58.7 Å². The lowest BCUT2D eigenvalue weighted by atomic mass is 9.73. The lowest BCUT2D eigenvalue weighted by Gasteiger charge is -2.51. The molecular weight excluding hydrogens is 372 g/mol. The van der Waals surface area contributed by atoms with Crippen LogP contribution in [0.4, 0.5) is 5.82 Å². The Morgan fingerprint density at radius 3 is 2.71 bits per heavy atom. The molecule has 2 fully saturated rings. The van der Waals surface area contributed by atoms with E-state index in [0.29, 0.717) is 35.9 Å². The first-order chi connectivity index (χ1) is 13.5. The minimum absolute atomic E-state index is 0.220. The van der Waals surface area contributed by atoms with E-state index in [1.54, 1.807) is 18.3 Å². The summed E-state index contributed by atoms with van der Waals surface area (Å²) in [4.78, 5) is 22.0. The minimum atomic E-state index is -0.489. The molecule has 6 heteroatoms. The van der Waals surface area contributed by atoms with Crippen LogP contribution >= 0.6 is 11.6 Å². The average Bonchev–Trinajstić information content (AvgIpc) is 3.11. The van der Waals surface area contributed by atoms with E-state index >= 15 is 0 Å². The zero-order valence-corrected chi connectivity index (χ0v) is 16.7. The Morgan fingerprint density at radius 2 is 2.07 bits per heavy atom. The first-order valence-corrected chi connectivity index (χ1v) is 10.1. The molecule has 28 heavy (non-hydrogen) atoms. The second-order valence-electron chi connectivity index (χ2n) is 7.92. The van der Waals surface area contributed by atoms with Gasteiger partial charge in [0.2, 0.25) is 5.91 Å². The fourth-order valence-electron chi connectivity index (χ4n) is 4.43. The quantitative estimate of drug-likeness (QED) is 0.793. The predicted molar refractivity (Wildman–Crippen MR) is 109 cm³/mol. The van der Waals surface area contributed by atoms with Crippen molar-refractivity contribution in [1.82, 2.24) is 9.88 Å². The fraction of sp³-hybridized carbons (Fsp3) is 0.409. The van der Waals surface area contributed by atoms with Crippen LogP contribution in [-0.4, -0.2) is 41.5 Å². The minimum Gasteiger partial charge on any atom is -0.353 e. The van der Waals surface area contributed by atoms with Crippen LogP contribution < -0.4 is 4.90 Å². The number of nitrogens with zero attached hydrogens (tertiary/aromatic N) is 4. The first kappa shape index (κ1) is 18.8. The summed E-state index contributed by atoms with van der Waals surface area (Å²) in [6.07, 6.45) is 4.48. The van der Waals surface area contributed by atoms with Gasteiger partial charge in [0.25, 0.3) is 0 Å². The number of anilines is 1. The molecule has 2 aliphatic heterocycles. The van der Waals surface area contributed by atoms with Crippen molar-refractivity contribution in [3.63, 3.8) is 0 Å². The molecule has 3 heterocycles. The maximum absolute atomic E-state index is 13.6. The molecule has 1 unspecified atom stereocenters. The third-order valence-corrected chi connectivity index (χ3v) is 6.17. The van der Waals surface area contributed by atoms with Gasteiger partial charge < -0.3 is 9.80 Å². The number of carbonyl (C=O) groups excluding carboxylic acids is 1. The molecule has 1 atom stereocenters. The molecule has 4 rings (SSSR count). The topological polar surface area (TPSA) is 60.2 Å². The van der Waals surface area contributed by atoms with Gasteiger partial charge in [0.05, 0.1) is 11.0 Å². The summed E-state index contributed by atoms with van der Waals surface area (Å²) in [6, 6.07) is 13.8. The van der Waals surface area contributed by atoms with E-state index in [0.717, 1.165) is 24.9 Å². The van der Waals surface area contributed by atoms with Gasteiger partial charge in [0.15, 0.2) is 0 Å². The van der Waals surface area contributed by atoms with Crippen molar-refractivity contribution in [2.24, 2.45) is 5.41 Å². The molecule has 2 aliphatic rings. The summed E-state index contributed by atoms with van der Waals surface area (Å²) in [5.74, 6) is 0.886. The molecule has 0 aliphatic carbocycles. The van der Waals surface area contributed by atoms with Crippen LogP contribution in [0.3, 0.4) is 0 Å². The molecule has 0 saturated carbocycles. The number of pyridine rings is 1. The van der Waals surface area contributed by atoms with Crippen molar-refractivity contribution in [1.29, 1.82) is 5.26 Å². The van der Waals surface area contributed by atoms with E-state index in [9.17, 15) is 10.1 Å². The summed E-state index contributed by atoms with van der Waals surface area (Å²) in [5.41, 5.74) is 1.16. The van der Waals surface area contributed by atoms with Crippen molar-refractivity contribution in [2.75, 3.05) is 24.5 Å². The Hall–Kier alpha value is -2.58. The summed E-state index contributed by atoms with van der Waals surface area (Å²) in [7, 11) is 0. The lowest BCUT2D eigenvalue weighted by Crippen LogP contribution is -2.65. The number of aromatic nitrogens is 1. The third-order valence-electron chi connectivity index (χ3n) is 5.92. The molecule has 1 amide bonds. The van der Waals surface area contributed by atoms with Gasteiger partial charge in [-0.25, -0.2) is 4.98 Å². The van der Waals surface area contributed by atoms with Crippen LogP contribution in [0, 0.1) is 16.7 Å². The number of benzene rings is 1. The van der Waals surface area contributed by atoms with Gasteiger partial charge in [0, 0.05) is 36.9 Å². The van der Waals surface area contributed by atoms with Crippen LogP contribution in [0.5, 0.6) is 0 Å². The highest BCUT2D eigenvalue weighted by Gasteiger charge is 2.52. The van der Waals surface area contributed by atoms with Gasteiger partial charge in [-0.2, -0.15) is 5.26 Å². The highest BCUT2D eigenvalue weighted by Crippen LogP contribution is 2.41. The van der Waals surface area contributed by atoms with Crippen molar-refractivity contribution in [3.8, 4) is 6.07 Å². The van der Waals surface area contributed by atoms with Gasteiger partial charge >= 0.3 is 0 Å². The Kier molecular flexibility index (Phi) is 4.99.